The lowest BCUT2D eigenvalue weighted by molar-refractivity contribution is 0.173. The Morgan fingerprint density at radius 2 is 2.00 bits per heavy atom. The predicted octanol–water partition coefficient (Wildman–Crippen LogP) is 1.33. The maximum absolute atomic E-state index is 9.12. The van der Waals surface area contributed by atoms with Crippen LogP contribution in [0.3, 0.4) is 0 Å². The minimum Gasteiger partial charge on any atom is -0.391 e. The van der Waals surface area contributed by atoms with Crippen molar-refractivity contribution in [2.75, 3.05) is 5.88 Å². The van der Waals surface area contributed by atoms with Gasteiger partial charge in [0.15, 0.2) is 0 Å². The Labute approximate surface area is 59.6 Å². The number of hydrogen-bond acceptors (Lipinski definition) is 1. The van der Waals surface area contributed by atoms with Gasteiger partial charge in [0.2, 0.25) is 0 Å². The summed E-state index contributed by atoms with van der Waals surface area (Å²) in [6, 6.07) is 0. The second kappa shape index (κ2) is 3.04. The highest BCUT2D eigenvalue weighted by atomic mass is 35.5. The highest BCUT2D eigenvalue weighted by molar-refractivity contribution is 6.18. The smallest absolute Gasteiger partial charge is 0.0772 e. The summed E-state index contributed by atoms with van der Waals surface area (Å²) in [4.78, 5) is 0. The minimum absolute atomic E-state index is 0.141. The molecular weight excluding hydrogens is 136 g/mol. The largest absolute Gasteiger partial charge is 0.391 e. The van der Waals surface area contributed by atoms with Crippen molar-refractivity contribution in [3.63, 3.8) is 0 Å². The highest BCUT2D eigenvalue weighted by Gasteiger charge is 2.12. The maximum Gasteiger partial charge on any atom is 0.0772 e. The van der Waals surface area contributed by atoms with Crippen molar-refractivity contribution in [1.82, 2.24) is 0 Å². The zero-order chi connectivity index (χ0) is 6.69. The van der Waals surface area contributed by atoms with E-state index in [0.717, 1.165) is 0 Å². The third-order valence-corrected chi connectivity index (χ3v) is 1.70. The second-order valence-electron chi connectivity index (χ2n) is 2.07. The molecular formula is C7H9ClO. The number of aliphatic hydroxyl groups is 1. The normalized spacial score (nSPS) is 21.1. The summed E-state index contributed by atoms with van der Waals surface area (Å²) in [7, 11) is 0. The van der Waals surface area contributed by atoms with E-state index in [1.807, 2.05) is 24.3 Å². The van der Waals surface area contributed by atoms with Gasteiger partial charge in [0.25, 0.3) is 0 Å². The van der Waals surface area contributed by atoms with E-state index in [0.29, 0.717) is 5.88 Å². The first-order valence-corrected chi connectivity index (χ1v) is 3.47. The topological polar surface area (TPSA) is 20.2 Å². The molecule has 0 radical (unpaired) electrons. The lowest BCUT2D eigenvalue weighted by Crippen LogP contribution is -2.16. The SMILES string of the molecule is OC(CCl)C1C=CC=C1. The molecule has 1 N–H and O–H groups in total. The highest BCUT2D eigenvalue weighted by Crippen LogP contribution is 2.13. The summed E-state index contributed by atoms with van der Waals surface area (Å²) in [6.45, 7) is 0. The fourth-order valence-electron chi connectivity index (χ4n) is 0.808. The van der Waals surface area contributed by atoms with Gasteiger partial charge in [-0.05, 0) is 0 Å². The average Bonchev–Trinajstić information content (AvgIpc) is 2.37. The van der Waals surface area contributed by atoms with Crippen LogP contribution in [0.4, 0.5) is 0 Å². The monoisotopic (exact) mass is 144 g/mol. The van der Waals surface area contributed by atoms with Gasteiger partial charge in [-0.15, -0.1) is 11.6 Å². The Morgan fingerprint density at radius 3 is 2.44 bits per heavy atom. The number of rotatable bonds is 2. The number of alkyl halides is 1. The predicted molar refractivity (Wildman–Crippen MR) is 38.5 cm³/mol. The van der Waals surface area contributed by atoms with E-state index in [2.05, 4.69) is 0 Å². The lowest BCUT2D eigenvalue weighted by atomic mass is 10.1. The van der Waals surface area contributed by atoms with E-state index in [9.17, 15) is 0 Å². The van der Waals surface area contributed by atoms with Gasteiger partial charge in [-0.25, -0.2) is 0 Å². The first-order valence-electron chi connectivity index (χ1n) is 2.93. The van der Waals surface area contributed by atoms with Crippen LogP contribution in [-0.4, -0.2) is 17.1 Å². The molecule has 1 rings (SSSR count). The molecule has 1 atom stereocenters. The molecule has 9 heavy (non-hydrogen) atoms. The molecule has 0 aromatic rings. The quantitative estimate of drug-likeness (QED) is 0.580. The van der Waals surface area contributed by atoms with E-state index >= 15 is 0 Å². The Morgan fingerprint density at radius 1 is 1.44 bits per heavy atom. The molecule has 1 nitrogen and oxygen atoms in total. The van der Waals surface area contributed by atoms with Gasteiger partial charge < -0.3 is 5.11 Å². The molecule has 0 spiro atoms. The summed E-state index contributed by atoms with van der Waals surface area (Å²) in [5, 5.41) is 9.12. The van der Waals surface area contributed by atoms with Crippen LogP contribution in [-0.2, 0) is 0 Å². The van der Waals surface area contributed by atoms with E-state index in [1.165, 1.54) is 0 Å². The molecule has 0 heterocycles. The minimum atomic E-state index is -0.415. The van der Waals surface area contributed by atoms with Crippen molar-refractivity contribution < 1.29 is 5.11 Å². The first kappa shape index (κ1) is 6.84. The first-order chi connectivity index (χ1) is 4.34. The molecule has 0 aliphatic heterocycles. The maximum atomic E-state index is 9.12. The summed E-state index contributed by atoms with van der Waals surface area (Å²) in [5.74, 6) is 0.446. The van der Waals surface area contributed by atoms with Crippen LogP contribution in [0.15, 0.2) is 24.3 Å². The van der Waals surface area contributed by atoms with Crippen LogP contribution in [0.2, 0.25) is 0 Å². The summed E-state index contributed by atoms with van der Waals surface area (Å²) >= 11 is 5.41. The second-order valence-corrected chi connectivity index (χ2v) is 2.38. The molecule has 50 valence electrons. The van der Waals surface area contributed by atoms with E-state index in [1.54, 1.807) is 0 Å². The Bertz CT molecular complexity index is 128. The number of aliphatic hydroxyl groups excluding tert-OH is 1. The number of allylic oxidation sites excluding steroid dienone is 2. The summed E-state index contributed by atoms with van der Waals surface area (Å²) in [5.41, 5.74) is 0. The van der Waals surface area contributed by atoms with Crippen LogP contribution >= 0.6 is 11.6 Å². The molecule has 1 aliphatic carbocycles. The van der Waals surface area contributed by atoms with Gasteiger partial charge in [0.05, 0.1) is 6.10 Å². The molecule has 0 fully saturated rings. The van der Waals surface area contributed by atoms with Crippen molar-refractivity contribution in [3.05, 3.63) is 24.3 Å². The molecule has 2 heteroatoms. The summed E-state index contributed by atoms with van der Waals surface area (Å²) < 4.78 is 0. The van der Waals surface area contributed by atoms with Gasteiger partial charge in [-0.1, -0.05) is 24.3 Å². The fourth-order valence-corrected chi connectivity index (χ4v) is 1.01. The number of halogens is 1. The van der Waals surface area contributed by atoms with Crippen molar-refractivity contribution in [3.8, 4) is 0 Å². The van der Waals surface area contributed by atoms with Gasteiger partial charge >= 0.3 is 0 Å². The van der Waals surface area contributed by atoms with Crippen LogP contribution in [0.5, 0.6) is 0 Å². The Balaban J connectivity index is 2.43. The molecule has 1 unspecified atom stereocenters. The Kier molecular flexibility index (Phi) is 2.31. The zero-order valence-electron chi connectivity index (χ0n) is 5.00. The van der Waals surface area contributed by atoms with Gasteiger partial charge in [0.1, 0.15) is 0 Å². The van der Waals surface area contributed by atoms with Gasteiger partial charge in [-0.2, -0.15) is 0 Å². The summed E-state index contributed by atoms with van der Waals surface area (Å²) in [6.07, 6.45) is 7.29. The molecule has 0 aromatic heterocycles. The van der Waals surface area contributed by atoms with Gasteiger partial charge in [-0.3, -0.25) is 0 Å². The van der Waals surface area contributed by atoms with Crippen LogP contribution in [0.1, 0.15) is 0 Å². The third-order valence-electron chi connectivity index (χ3n) is 1.38. The number of hydrogen-bond donors (Lipinski definition) is 1. The standard InChI is InChI=1S/C7H9ClO/c8-5-7(9)6-3-1-2-4-6/h1-4,6-7,9H,5H2. The molecule has 0 saturated carbocycles. The van der Waals surface area contributed by atoms with E-state index in [-0.39, 0.29) is 5.92 Å². The van der Waals surface area contributed by atoms with E-state index < -0.39 is 6.10 Å². The molecule has 0 bridgehead atoms. The van der Waals surface area contributed by atoms with Crippen molar-refractivity contribution in [2.45, 2.75) is 6.10 Å². The molecule has 0 amide bonds. The van der Waals surface area contributed by atoms with Gasteiger partial charge in [0, 0.05) is 11.8 Å². The molecule has 0 aromatic carbocycles. The van der Waals surface area contributed by atoms with Crippen molar-refractivity contribution >= 4 is 11.6 Å². The average molecular weight is 145 g/mol. The van der Waals surface area contributed by atoms with Crippen LogP contribution in [0, 0.1) is 5.92 Å². The third kappa shape index (κ3) is 1.57. The lowest BCUT2D eigenvalue weighted by Gasteiger charge is -2.09. The van der Waals surface area contributed by atoms with Crippen LogP contribution < -0.4 is 0 Å². The fraction of sp³-hybridized carbons (Fsp3) is 0.429. The van der Waals surface area contributed by atoms with Crippen molar-refractivity contribution in [1.29, 1.82) is 0 Å². The van der Waals surface area contributed by atoms with E-state index in [4.69, 9.17) is 16.7 Å². The molecule has 0 saturated heterocycles. The van der Waals surface area contributed by atoms with Crippen LogP contribution in [0.25, 0.3) is 0 Å². The Hall–Kier alpha value is -0.270. The zero-order valence-corrected chi connectivity index (χ0v) is 5.75. The van der Waals surface area contributed by atoms with Crippen molar-refractivity contribution in [2.24, 2.45) is 5.92 Å². The molecule has 1 aliphatic rings.